The summed E-state index contributed by atoms with van der Waals surface area (Å²) in [5.41, 5.74) is 9.67. The van der Waals surface area contributed by atoms with E-state index in [1.807, 2.05) is 19.9 Å². The van der Waals surface area contributed by atoms with Crippen molar-refractivity contribution in [3.8, 4) is 5.75 Å². The largest absolute Gasteiger partial charge is 0.497 e. The molecule has 1 aliphatic rings. The van der Waals surface area contributed by atoms with Gasteiger partial charge in [0.25, 0.3) is 0 Å². The van der Waals surface area contributed by atoms with Crippen LogP contribution in [0.2, 0.25) is 0 Å². The molecule has 0 aromatic heterocycles. The quantitative estimate of drug-likeness (QED) is 0.801. The van der Waals surface area contributed by atoms with Gasteiger partial charge >= 0.3 is 0 Å². The van der Waals surface area contributed by atoms with Crippen LogP contribution in [0.3, 0.4) is 0 Å². The molecular formula is C13H17NO. The van der Waals surface area contributed by atoms with Crippen molar-refractivity contribution in [2.75, 3.05) is 7.11 Å². The van der Waals surface area contributed by atoms with Crippen LogP contribution in [0.25, 0.3) is 5.57 Å². The third-order valence-corrected chi connectivity index (χ3v) is 2.82. The van der Waals surface area contributed by atoms with Gasteiger partial charge in [-0.05, 0) is 49.1 Å². The molecule has 2 rings (SSSR count). The zero-order valence-electron chi connectivity index (χ0n) is 9.50. The smallest absolute Gasteiger partial charge is 0.119 e. The van der Waals surface area contributed by atoms with Gasteiger partial charge in [0.1, 0.15) is 5.75 Å². The fourth-order valence-electron chi connectivity index (χ4n) is 2.06. The van der Waals surface area contributed by atoms with E-state index < -0.39 is 0 Å². The first-order valence-electron chi connectivity index (χ1n) is 5.19. The summed E-state index contributed by atoms with van der Waals surface area (Å²) in [6.07, 6.45) is 3.17. The van der Waals surface area contributed by atoms with Crippen molar-refractivity contribution in [3.63, 3.8) is 0 Å². The van der Waals surface area contributed by atoms with Gasteiger partial charge in [-0.1, -0.05) is 12.1 Å². The van der Waals surface area contributed by atoms with Crippen LogP contribution in [0.1, 0.15) is 25.0 Å². The number of benzene rings is 1. The van der Waals surface area contributed by atoms with Gasteiger partial charge in [0.05, 0.1) is 7.11 Å². The van der Waals surface area contributed by atoms with Crippen molar-refractivity contribution in [1.82, 2.24) is 0 Å². The van der Waals surface area contributed by atoms with Crippen molar-refractivity contribution in [3.05, 3.63) is 35.4 Å². The van der Waals surface area contributed by atoms with Crippen LogP contribution < -0.4 is 10.5 Å². The minimum Gasteiger partial charge on any atom is -0.497 e. The van der Waals surface area contributed by atoms with Crippen LogP contribution in [-0.2, 0) is 6.42 Å². The second kappa shape index (κ2) is 3.38. The van der Waals surface area contributed by atoms with Crippen molar-refractivity contribution >= 4 is 5.57 Å². The highest BCUT2D eigenvalue weighted by atomic mass is 16.5. The number of fused-ring (bicyclic) bond motifs is 1. The van der Waals surface area contributed by atoms with E-state index in [0.717, 1.165) is 12.2 Å². The Labute approximate surface area is 90.7 Å². The second-order valence-electron chi connectivity index (χ2n) is 4.57. The van der Waals surface area contributed by atoms with E-state index in [-0.39, 0.29) is 5.54 Å². The number of rotatable bonds is 2. The van der Waals surface area contributed by atoms with E-state index in [1.54, 1.807) is 7.11 Å². The first kappa shape index (κ1) is 10.2. The summed E-state index contributed by atoms with van der Waals surface area (Å²) in [5, 5.41) is 0. The molecule has 0 aliphatic heterocycles. The van der Waals surface area contributed by atoms with Crippen molar-refractivity contribution in [2.24, 2.45) is 5.73 Å². The molecule has 0 heterocycles. The van der Waals surface area contributed by atoms with E-state index >= 15 is 0 Å². The minimum atomic E-state index is -0.264. The van der Waals surface area contributed by atoms with Crippen molar-refractivity contribution in [2.45, 2.75) is 25.8 Å². The van der Waals surface area contributed by atoms with Crippen LogP contribution in [-0.4, -0.2) is 12.6 Å². The summed E-state index contributed by atoms with van der Waals surface area (Å²) >= 11 is 0. The standard InChI is InChI=1S/C13H17NO/c1-13(2,14)12-7-4-9-8-10(15-3)5-6-11(9)12/h5-8H,4,14H2,1-3H3. The summed E-state index contributed by atoms with van der Waals surface area (Å²) in [6.45, 7) is 4.08. The van der Waals surface area contributed by atoms with Gasteiger partial charge in [-0.2, -0.15) is 0 Å². The topological polar surface area (TPSA) is 35.2 Å². The lowest BCUT2D eigenvalue weighted by Gasteiger charge is -2.21. The lowest BCUT2D eigenvalue weighted by Crippen LogP contribution is -2.32. The van der Waals surface area contributed by atoms with Crippen LogP contribution in [0.5, 0.6) is 5.75 Å². The molecule has 0 atom stereocenters. The predicted octanol–water partition coefficient (Wildman–Crippen LogP) is 2.37. The van der Waals surface area contributed by atoms with E-state index in [2.05, 4.69) is 18.2 Å². The summed E-state index contributed by atoms with van der Waals surface area (Å²) in [5.74, 6) is 0.915. The molecule has 0 amide bonds. The summed E-state index contributed by atoms with van der Waals surface area (Å²) in [6, 6.07) is 6.18. The van der Waals surface area contributed by atoms with E-state index in [0.29, 0.717) is 0 Å². The Morgan fingerprint density at radius 3 is 2.67 bits per heavy atom. The maximum absolute atomic E-state index is 6.13. The average molecular weight is 203 g/mol. The molecule has 0 saturated carbocycles. The third kappa shape index (κ3) is 1.77. The molecule has 0 fully saturated rings. The lowest BCUT2D eigenvalue weighted by molar-refractivity contribution is 0.414. The molecule has 0 radical (unpaired) electrons. The Hall–Kier alpha value is -1.28. The molecule has 15 heavy (non-hydrogen) atoms. The zero-order chi connectivity index (χ0) is 11.1. The molecule has 1 aromatic carbocycles. The zero-order valence-corrected chi connectivity index (χ0v) is 9.50. The van der Waals surface area contributed by atoms with Gasteiger partial charge in [-0.25, -0.2) is 0 Å². The molecular weight excluding hydrogens is 186 g/mol. The van der Waals surface area contributed by atoms with Gasteiger partial charge < -0.3 is 10.5 Å². The number of hydrogen-bond acceptors (Lipinski definition) is 2. The minimum absolute atomic E-state index is 0.264. The molecule has 1 aliphatic carbocycles. The molecule has 0 spiro atoms. The highest BCUT2D eigenvalue weighted by Gasteiger charge is 2.24. The fourth-order valence-corrected chi connectivity index (χ4v) is 2.06. The Kier molecular flexibility index (Phi) is 2.31. The molecule has 80 valence electrons. The predicted molar refractivity (Wildman–Crippen MR) is 62.9 cm³/mol. The summed E-state index contributed by atoms with van der Waals surface area (Å²) in [4.78, 5) is 0. The maximum Gasteiger partial charge on any atom is 0.119 e. The van der Waals surface area contributed by atoms with Gasteiger partial charge in [-0.3, -0.25) is 0 Å². The van der Waals surface area contributed by atoms with Gasteiger partial charge in [0.15, 0.2) is 0 Å². The van der Waals surface area contributed by atoms with Crippen LogP contribution in [0.4, 0.5) is 0 Å². The molecule has 2 heteroatoms. The molecule has 2 N–H and O–H groups in total. The van der Waals surface area contributed by atoms with Crippen molar-refractivity contribution < 1.29 is 4.74 Å². The molecule has 0 unspecified atom stereocenters. The number of hydrogen-bond donors (Lipinski definition) is 1. The Morgan fingerprint density at radius 1 is 1.33 bits per heavy atom. The number of methoxy groups -OCH3 is 1. The molecule has 0 bridgehead atoms. The second-order valence-corrected chi connectivity index (χ2v) is 4.57. The highest BCUT2D eigenvalue weighted by Crippen LogP contribution is 2.35. The Balaban J connectivity index is 2.42. The number of allylic oxidation sites excluding steroid dienone is 1. The number of ether oxygens (including phenoxy) is 1. The highest BCUT2D eigenvalue weighted by molar-refractivity contribution is 5.78. The van der Waals surface area contributed by atoms with E-state index in [4.69, 9.17) is 10.5 Å². The Morgan fingerprint density at radius 2 is 2.07 bits per heavy atom. The van der Waals surface area contributed by atoms with Crippen molar-refractivity contribution in [1.29, 1.82) is 0 Å². The number of nitrogens with two attached hydrogens (primary N) is 1. The van der Waals surface area contributed by atoms with Gasteiger partial charge in [-0.15, -0.1) is 0 Å². The SMILES string of the molecule is COc1ccc2c(c1)CC=C2C(C)(C)N. The fraction of sp³-hybridized carbons (Fsp3) is 0.385. The Bertz CT molecular complexity index is 413. The summed E-state index contributed by atoms with van der Waals surface area (Å²) < 4.78 is 5.21. The molecule has 2 nitrogen and oxygen atoms in total. The summed E-state index contributed by atoms with van der Waals surface area (Å²) in [7, 11) is 1.69. The molecule has 0 saturated heterocycles. The van der Waals surface area contributed by atoms with Gasteiger partial charge in [0, 0.05) is 5.54 Å². The normalized spacial score (nSPS) is 14.8. The first-order chi connectivity index (χ1) is 7.02. The third-order valence-electron chi connectivity index (χ3n) is 2.82. The van der Waals surface area contributed by atoms with Gasteiger partial charge in [0.2, 0.25) is 0 Å². The van der Waals surface area contributed by atoms with Crippen LogP contribution in [0.15, 0.2) is 24.3 Å². The monoisotopic (exact) mass is 203 g/mol. The van der Waals surface area contributed by atoms with Crippen LogP contribution in [0, 0.1) is 0 Å². The van der Waals surface area contributed by atoms with E-state index in [1.165, 1.54) is 16.7 Å². The average Bonchev–Trinajstić information content (AvgIpc) is 2.59. The first-order valence-corrected chi connectivity index (χ1v) is 5.19. The molecule has 1 aromatic rings. The van der Waals surface area contributed by atoms with E-state index in [9.17, 15) is 0 Å². The lowest BCUT2D eigenvalue weighted by atomic mass is 9.91. The maximum atomic E-state index is 6.13. The van der Waals surface area contributed by atoms with Crippen LogP contribution >= 0.6 is 0 Å².